The summed E-state index contributed by atoms with van der Waals surface area (Å²) in [5.41, 5.74) is -0.907. The van der Waals surface area contributed by atoms with Crippen molar-refractivity contribution in [2.24, 2.45) is 0 Å². The lowest BCUT2D eigenvalue weighted by Gasteiger charge is -2.25. The van der Waals surface area contributed by atoms with E-state index in [-0.39, 0.29) is 18.9 Å². The van der Waals surface area contributed by atoms with Crippen LogP contribution in [0.25, 0.3) is 0 Å². The predicted octanol–water partition coefficient (Wildman–Crippen LogP) is 0.187. The van der Waals surface area contributed by atoms with Crippen LogP contribution in [0.1, 0.15) is 18.9 Å². The molecule has 140 valence electrons. The molecule has 0 aliphatic carbocycles. The standard InChI is InChI=1S/C17H21FN4O4/c1-4-17(11-5-7-12(18)8-6-11)15(25)22(16(26)20-17)10-13(23)19-9-14(24)21(2)3/h5-8H,4,9-10H2,1-3H3,(H,19,23)(H,20,26)/t17-/m1/s1. The first kappa shape index (κ1) is 19.4. The molecule has 1 fully saturated rings. The van der Waals surface area contributed by atoms with Gasteiger partial charge >= 0.3 is 6.03 Å². The first-order valence-corrected chi connectivity index (χ1v) is 8.08. The molecule has 0 unspecified atom stereocenters. The van der Waals surface area contributed by atoms with Crippen molar-refractivity contribution in [3.8, 4) is 0 Å². The Hall–Kier alpha value is -2.97. The quantitative estimate of drug-likeness (QED) is 0.704. The van der Waals surface area contributed by atoms with Gasteiger partial charge in [0.25, 0.3) is 5.91 Å². The summed E-state index contributed by atoms with van der Waals surface area (Å²) in [5, 5.41) is 4.97. The Morgan fingerprint density at radius 3 is 2.38 bits per heavy atom. The fourth-order valence-electron chi connectivity index (χ4n) is 2.68. The summed E-state index contributed by atoms with van der Waals surface area (Å²) in [6, 6.07) is 4.55. The molecule has 1 aliphatic rings. The van der Waals surface area contributed by atoms with E-state index in [0.717, 1.165) is 4.90 Å². The molecule has 1 atom stereocenters. The van der Waals surface area contributed by atoms with Gasteiger partial charge in [-0.25, -0.2) is 9.18 Å². The van der Waals surface area contributed by atoms with Crippen molar-refractivity contribution in [2.45, 2.75) is 18.9 Å². The maximum atomic E-state index is 13.2. The van der Waals surface area contributed by atoms with Crippen LogP contribution in [-0.2, 0) is 19.9 Å². The molecule has 0 saturated carbocycles. The van der Waals surface area contributed by atoms with Gasteiger partial charge in [0.2, 0.25) is 11.8 Å². The van der Waals surface area contributed by atoms with Crippen molar-refractivity contribution in [2.75, 3.05) is 27.2 Å². The van der Waals surface area contributed by atoms with Gasteiger partial charge in [-0.2, -0.15) is 0 Å². The minimum Gasteiger partial charge on any atom is -0.347 e. The summed E-state index contributed by atoms with van der Waals surface area (Å²) in [7, 11) is 3.09. The number of nitrogens with zero attached hydrogens (tertiary/aromatic N) is 2. The number of amides is 5. The van der Waals surface area contributed by atoms with Gasteiger partial charge in [-0.15, -0.1) is 0 Å². The van der Waals surface area contributed by atoms with Crippen LogP contribution in [0.5, 0.6) is 0 Å². The summed E-state index contributed by atoms with van der Waals surface area (Å²) in [5.74, 6) is -2.00. The van der Waals surface area contributed by atoms with Crippen LogP contribution in [-0.4, -0.2) is 60.7 Å². The van der Waals surface area contributed by atoms with Crippen LogP contribution in [0.15, 0.2) is 24.3 Å². The number of rotatable bonds is 6. The number of carbonyl (C=O) groups excluding carboxylic acids is 4. The number of carbonyl (C=O) groups is 4. The summed E-state index contributed by atoms with van der Waals surface area (Å²) in [6.07, 6.45) is 0.237. The summed E-state index contributed by atoms with van der Waals surface area (Å²) >= 11 is 0. The second kappa shape index (κ2) is 7.51. The SMILES string of the molecule is CC[C@]1(c2ccc(F)cc2)NC(=O)N(CC(=O)NCC(=O)N(C)C)C1=O. The molecule has 2 N–H and O–H groups in total. The van der Waals surface area contributed by atoms with E-state index in [4.69, 9.17) is 0 Å². The minimum atomic E-state index is -1.34. The summed E-state index contributed by atoms with van der Waals surface area (Å²) < 4.78 is 13.2. The molecule has 5 amide bonds. The summed E-state index contributed by atoms with van der Waals surface area (Å²) in [4.78, 5) is 50.7. The molecule has 8 nitrogen and oxygen atoms in total. The zero-order valence-corrected chi connectivity index (χ0v) is 14.8. The highest BCUT2D eigenvalue weighted by atomic mass is 19.1. The van der Waals surface area contributed by atoms with Crippen molar-refractivity contribution in [1.29, 1.82) is 0 Å². The Labute approximate surface area is 150 Å². The number of imide groups is 1. The molecule has 9 heteroatoms. The van der Waals surface area contributed by atoms with E-state index < -0.39 is 35.7 Å². The Bertz CT molecular complexity index is 735. The third-order valence-electron chi connectivity index (χ3n) is 4.28. The zero-order valence-electron chi connectivity index (χ0n) is 14.8. The second-order valence-corrected chi connectivity index (χ2v) is 6.15. The average Bonchev–Trinajstić information content (AvgIpc) is 2.85. The van der Waals surface area contributed by atoms with E-state index in [0.29, 0.717) is 5.56 Å². The molecule has 0 radical (unpaired) electrons. The van der Waals surface area contributed by atoms with E-state index in [2.05, 4.69) is 10.6 Å². The van der Waals surface area contributed by atoms with Gasteiger partial charge in [-0.1, -0.05) is 19.1 Å². The molecular weight excluding hydrogens is 343 g/mol. The highest BCUT2D eigenvalue weighted by Crippen LogP contribution is 2.32. The van der Waals surface area contributed by atoms with Gasteiger partial charge in [0.05, 0.1) is 6.54 Å². The fourth-order valence-corrected chi connectivity index (χ4v) is 2.68. The lowest BCUT2D eigenvalue weighted by Crippen LogP contribution is -2.45. The number of likely N-dealkylation sites (N-methyl/N-ethyl adjacent to an activating group) is 1. The van der Waals surface area contributed by atoms with Crippen molar-refractivity contribution < 1.29 is 23.6 Å². The van der Waals surface area contributed by atoms with Gasteiger partial charge in [0, 0.05) is 14.1 Å². The third kappa shape index (κ3) is 3.66. The molecule has 1 aromatic rings. The normalized spacial score (nSPS) is 19.3. The molecular formula is C17H21FN4O4. The number of urea groups is 1. The van der Waals surface area contributed by atoms with Crippen molar-refractivity contribution in [3.05, 3.63) is 35.6 Å². The molecule has 1 heterocycles. The molecule has 1 aliphatic heterocycles. The minimum absolute atomic E-state index is 0.230. The van der Waals surface area contributed by atoms with Gasteiger partial charge in [0.1, 0.15) is 17.9 Å². The van der Waals surface area contributed by atoms with E-state index in [1.165, 1.54) is 29.2 Å². The Morgan fingerprint density at radius 1 is 1.23 bits per heavy atom. The topological polar surface area (TPSA) is 98.8 Å². The van der Waals surface area contributed by atoms with E-state index >= 15 is 0 Å². The average molecular weight is 364 g/mol. The van der Waals surface area contributed by atoms with E-state index in [1.807, 2.05) is 0 Å². The molecule has 26 heavy (non-hydrogen) atoms. The Morgan fingerprint density at radius 2 is 1.85 bits per heavy atom. The smallest absolute Gasteiger partial charge is 0.325 e. The first-order chi connectivity index (χ1) is 12.2. The summed E-state index contributed by atoms with van der Waals surface area (Å²) in [6.45, 7) is 0.974. The molecule has 1 aromatic carbocycles. The Kier molecular flexibility index (Phi) is 5.59. The molecule has 2 rings (SSSR count). The predicted molar refractivity (Wildman–Crippen MR) is 90.3 cm³/mol. The fraction of sp³-hybridized carbons (Fsp3) is 0.412. The van der Waals surface area contributed by atoms with Gasteiger partial charge in [-0.3, -0.25) is 19.3 Å². The van der Waals surface area contributed by atoms with Crippen molar-refractivity contribution in [3.63, 3.8) is 0 Å². The number of benzene rings is 1. The Balaban J connectivity index is 2.13. The number of halogens is 1. The lowest BCUT2D eigenvalue weighted by atomic mass is 9.87. The van der Waals surface area contributed by atoms with Gasteiger partial charge in [-0.05, 0) is 24.1 Å². The maximum absolute atomic E-state index is 13.2. The third-order valence-corrected chi connectivity index (χ3v) is 4.28. The van der Waals surface area contributed by atoms with Crippen LogP contribution in [0.4, 0.5) is 9.18 Å². The highest BCUT2D eigenvalue weighted by molar-refractivity contribution is 6.09. The molecule has 0 spiro atoms. The number of hydrogen-bond donors (Lipinski definition) is 2. The lowest BCUT2D eigenvalue weighted by molar-refractivity contribution is -0.136. The maximum Gasteiger partial charge on any atom is 0.325 e. The van der Waals surface area contributed by atoms with Crippen LogP contribution in [0, 0.1) is 5.82 Å². The second-order valence-electron chi connectivity index (χ2n) is 6.15. The van der Waals surface area contributed by atoms with Gasteiger partial charge in [0.15, 0.2) is 0 Å². The number of nitrogens with one attached hydrogen (secondary N) is 2. The van der Waals surface area contributed by atoms with Crippen LogP contribution >= 0.6 is 0 Å². The monoisotopic (exact) mass is 364 g/mol. The van der Waals surface area contributed by atoms with E-state index in [9.17, 15) is 23.6 Å². The molecule has 0 bridgehead atoms. The van der Waals surface area contributed by atoms with Crippen LogP contribution in [0.3, 0.4) is 0 Å². The van der Waals surface area contributed by atoms with Crippen LogP contribution in [0.2, 0.25) is 0 Å². The molecule has 0 aromatic heterocycles. The number of hydrogen-bond acceptors (Lipinski definition) is 4. The van der Waals surface area contributed by atoms with Crippen LogP contribution < -0.4 is 10.6 Å². The van der Waals surface area contributed by atoms with Crippen molar-refractivity contribution in [1.82, 2.24) is 20.4 Å². The van der Waals surface area contributed by atoms with E-state index in [1.54, 1.807) is 21.0 Å². The van der Waals surface area contributed by atoms with Gasteiger partial charge < -0.3 is 15.5 Å². The first-order valence-electron chi connectivity index (χ1n) is 8.08. The zero-order chi connectivity index (χ0) is 19.5. The largest absolute Gasteiger partial charge is 0.347 e. The highest BCUT2D eigenvalue weighted by Gasteiger charge is 2.51. The molecule has 1 saturated heterocycles. The van der Waals surface area contributed by atoms with Crippen molar-refractivity contribution >= 4 is 23.8 Å².